The number of hydrogen-bond acceptors (Lipinski definition) is 3. The van der Waals surface area contributed by atoms with E-state index in [0.29, 0.717) is 5.69 Å². The number of aromatic amines is 1. The molecule has 5 heteroatoms. The molecule has 0 aliphatic carbocycles. The summed E-state index contributed by atoms with van der Waals surface area (Å²) in [4.78, 5) is 18.4. The maximum atomic E-state index is 11.3. The highest BCUT2D eigenvalue weighted by molar-refractivity contribution is 14.1. The normalized spacial score (nSPS) is 10.4. The summed E-state index contributed by atoms with van der Waals surface area (Å²) >= 11 is 2.15. The second kappa shape index (κ2) is 3.56. The van der Waals surface area contributed by atoms with E-state index in [-0.39, 0.29) is 0 Å². The number of nitrogens with one attached hydrogen (secondary N) is 1. The Labute approximate surface area is 93.8 Å². The summed E-state index contributed by atoms with van der Waals surface area (Å²) in [5.41, 5.74) is 1.24. The lowest BCUT2D eigenvalue weighted by Crippen LogP contribution is -2.03. The number of carbonyl (C=O) groups excluding carboxylic acids is 1. The lowest BCUT2D eigenvalue weighted by atomic mass is 10.2. The van der Waals surface area contributed by atoms with Gasteiger partial charge in [-0.05, 0) is 34.7 Å². The van der Waals surface area contributed by atoms with Crippen LogP contribution in [0.4, 0.5) is 0 Å². The van der Waals surface area contributed by atoms with Gasteiger partial charge in [0, 0.05) is 11.6 Å². The van der Waals surface area contributed by atoms with Gasteiger partial charge in [-0.15, -0.1) is 0 Å². The first-order valence-electron chi connectivity index (χ1n) is 3.94. The monoisotopic (exact) mass is 302 g/mol. The number of nitrogens with zero attached hydrogens (tertiary/aromatic N) is 1. The molecule has 0 saturated heterocycles. The molecule has 2 heterocycles. The zero-order chi connectivity index (χ0) is 10.1. The lowest BCUT2D eigenvalue weighted by Gasteiger charge is -1.98. The third kappa shape index (κ3) is 1.47. The molecule has 72 valence electrons. The molecule has 2 aromatic heterocycles. The van der Waals surface area contributed by atoms with Crippen LogP contribution in [0, 0.1) is 3.70 Å². The predicted octanol–water partition coefficient (Wildman–Crippen LogP) is 1.95. The van der Waals surface area contributed by atoms with Crippen LogP contribution in [0.1, 0.15) is 10.5 Å². The van der Waals surface area contributed by atoms with Crippen LogP contribution < -0.4 is 0 Å². The molecule has 0 aliphatic heterocycles. The fourth-order valence-electron chi connectivity index (χ4n) is 1.28. The van der Waals surface area contributed by atoms with E-state index in [1.807, 2.05) is 12.1 Å². The third-order valence-corrected chi connectivity index (χ3v) is 2.48. The van der Waals surface area contributed by atoms with Gasteiger partial charge in [0.05, 0.1) is 16.3 Å². The Hall–Kier alpha value is -1.11. The maximum absolute atomic E-state index is 11.3. The van der Waals surface area contributed by atoms with Crippen LogP contribution in [-0.2, 0) is 4.74 Å². The number of esters is 1. The Balaban J connectivity index is 2.70. The average Bonchev–Trinajstić information content (AvgIpc) is 2.56. The fourth-order valence-corrected chi connectivity index (χ4v) is 1.88. The van der Waals surface area contributed by atoms with Gasteiger partial charge in [-0.1, -0.05) is 0 Å². The Bertz CT molecular complexity index is 493. The molecule has 2 rings (SSSR count). The number of ether oxygens (including phenoxy) is 1. The molecular formula is C9H7IN2O2. The van der Waals surface area contributed by atoms with Gasteiger partial charge in [0.1, 0.15) is 0 Å². The van der Waals surface area contributed by atoms with Crippen molar-refractivity contribution in [2.45, 2.75) is 0 Å². The van der Waals surface area contributed by atoms with Gasteiger partial charge < -0.3 is 9.72 Å². The number of carbonyl (C=O) groups is 1. The first-order valence-corrected chi connectivity index (χ1v) is 5.02. The molecule has 0 saturated carbocycles. The van der Waals surface area contributed by atoms with Crippen molar-refractivity contribution in [3.05, 3.63) is 27.7 Å². The van der Waals surface area contributed by atoms with E-state index in [0.717, 1.165) is 14.6 Å². The first-order chi connectivity index (χ1) is 6.72. The van der Waals surface area contributed by atoms with Gasteiger partial charge in [0.25, 0.3) is 0 Å². The van der Waals surface area contributed by atoms with Crippen molar-refractivity contribution < 1.29 is 9.53 Å². The summed E-state index contributed by atoms with van der Waals surface area (Å²) in [5, 5.41) is 0.795. The second-order valence-corrected chi connectivity index (χ2v) is 3.89. The van der Waals surface area contributed by atoms with Crippen LogP contribution >= 0.6 is 22.6 Å². The number of aromatic nitrogens is 2. The minimum atomic E-state index is -0.411. The molecule has 2 aromatic rings. The molecule has 4 nitrogen and oxygen atoms in total. The molecule has 0 spiro atoms. The van der Waals surface area contributed by atoms with E-state index in [9.17, 15) is 4.79 Å². The molecule has 0 aromatic carbocycles. The molecule has 0 radical (unpaired) electrons. The predicted molar refractivity (Wildman–Crippen MR) is 60.2 cm³/mol. The average molecular weight is 302 g/mol. The van der Waals surface area contributed by atoms with Crippen molar-refractivity contribution in [3.63, 3.8) is 0 Å². The number of methoxy groups -OCH3 is 1. The third-order valence-electron chi connectivity index (χ3n) is 1.89. The minimum Gasteiger partial charge on any atom is -0.464 e. The zero-order valence-electron chi connectivity index (χ0n) is 7.37. The Morgan fingerprint density at radius 1 is 1.64 bits per heavy atom. The van der Waals surface area contributed by atoms with Gasteiger partial charge in [-0.3, -0.25) is 0 Å². The van der Waals surface area contributed by atoms with Crippen molar-refractivity contribution in [3.8, 4) is 0 Å². The van der Waals surface area contributed by atoms with E-state index in [1.54, 1.807) is 6.20 Å². The van der Waals surface area contributed by atoms with Crippen LogP contribution in [0.3, 0.4) is 0 Å². The molecular weight excluding hydrogens is 295 g/mol. The summed E-state index contributed by atoms with van der Waals surface area (Å²) in [5.74, 6) is -0.411. The topological polar surface area (TPSA) is 55.0 Å². The molecule has 14 heavy (non-hydrogen) atoms. The Morgan fingerprint density at radius 2 is 2.43 bits per heavy atom. The quantitative estimate of drug-likeness (QED) is 0.647. The van der Waals surface area contributed by atoms with Gasteiger partial charge in [0.2, 0.25) is 0 Å². The van der Waals surface area contributed by atoms with Crippen molar-refractivity contribution in [1.82, 2.24) is 9.97 Å². The van der Waals surface area contributed by atoms with E-state index < -0.39 is 5.97 Å². The highest BCUT2D eigenvalue weighted by atomic mass is 127. The Morgan fingerprint density at radius 3 is 3.14 bits per heavy atom. The number of pyridine rings is 1. The van der Waals surface area contributed by atoms with Crippen LogP contribution in [0.2, 0.25) is 0 Å². The van der Waals surface area contributed by atoms with Gasteiger partial charge in [0.15, 0.2) is 5.69 Å². The van der Waals surface area contributed by atoms with Gasteiger partial charge in [-0.25, -0.2) is 9.78 Å². The number of rotatable bonds is 1. The highest BCUT2D eigenvalue weighted by Gasteiger charge is 2.12. The SMILES string of the molecule is COC(=O)c1nccc2[nH]c(I)cc12. The Kier molecular flexibility index (Phi) is 2.40. The summed E-state index contributed by atoms with van der Waals surface area (Å²) < 4.78 is 5.60. The molecule has 0 aliphatic rings. The van der Waals surface area contributed by atoms with Crippen molar-refractivity contribution >= 4 is 39.5 Å². The molecule has 0 bridgehead atoms. The minimum absolute atomic E-state index is 0.351. The van der Waals surface area contributed by atoms with Crippen LogP contribution in [-0.4, -0.2) is 23.0 Å². The van der Waals surface area contributed by atoms with Gasteiger partial charge in [-0.2, -0.15) is 0 Å². The van der Waals surface area contributed by atoms with Crippen molar-refractivity contribution in [2.75, 3.05) is 7.11 Å². The lowest BCUT2D eigenvalue weighted by molar-refractivity contribution is 0.0596. The number of H-pyrrole nitrogens is 1. The van der Waals surface area contributed by atoms with E-state index in [2.05, 4.69) is 37.3 Å². The smallest absolute Gasteiger partial charge is 0.357 e. The zero-order valence-corrected chi connectivity index (χ0v) is 9.53. The largest absolute Gasteiger partial charge is 0.464 e. The first kappa shape index (κ1) is 9.45. The summed E-state index contributed by atoms with van der Waals surface area (Å²) in [6, 6.07) is 3.69. The molecule has 0 amide bonds. The van der Waals surface area contributed by atoms with Gasteiger partial charge >= 0.3 is 5.97 Å². The molecule has 0 fully saturated rings. The molecule has 0 unspecified atom stereocenters. The highest BCUT2D eigenvalue weighted by Crippen LogP contribution is 2.19. The van der Waals surface area contributed by atoms with E-state index >= 15 is 0 Å². The molecule has 1 N–H and O–H groups in total. The number of halogens is 1. The van der Waals surface area contributed by atoms with E-state index in [4.69, 9.17) is 0 Å². The second-order valence-electron chi connectivity index (χ2n) is 2.73. The van der Waals surface area contributed by atoms with Crippen LogP contribution in [0.25, 0.3) is 10.9 Å². The van der Waals surface area contributed by atoms with Crippen molar-refractivity contribution in [2.24, 2.45) is 0 Å². The summed E-state index contributed by atoms with van der Waals surface area (Å²) in [6.07, 6.45) is 1.58. The van der Waals surface area contributed by atoms with E-state index in [1.165, 1.54) is 7.11 Å². The van der Waals surface area contributed by atoms with Crippen molar-refractivity contribution in [1.29, 1.82) is 0 Å². The van der Waals surface area contributed by atoms with Crippen LogP contribution in [0.5, 0.6) is 0 Å². The summed E-state index contributed by atoms with van der Waals surface area (Å²) in [6.45, 7) is 0. The number of fused-ring (bicyclic) bond motifs is 1. The summed E-state index contributed by atoms with van der Waals surface area (Å²) in [7, 11) is 1.35. The fraction of sp³-hybridized carbons (Fsp3) is 0.111. The van der Waals surface area contributed by atoms with Crippen LogP contribution in [0.15, 0.2) is 18.3 Å². The number of hydrogen-bond donors (Lipinski definition) is 1. The molecule has 0 atom stereocenters. The standard InChI is InChI=1S/C9H7IN2O2/c1-14-9(13)8-5-4-7(10)12-6(5)2-3-11-8/h2-4,12H,1H3. The maximum Gasteiger partial charge on any atom is 0.357 e.